The predicted octanol–water partition coefficient (Wildman–Crippen LogP) is 2.67. The molecule has 0 amide bonds. The first-order valence-corrected chi connectivity index (χ1v) is 6.08. The Hall–Kier alpha value is -0.380. The maximum atomic E-state index is 5.24. The minimum Gasteiger partial charge on any atom is -0.380 e. The van der Waals surface area contributed by atoms with Gasteiger partial charge < -0.3 is 10.1 Å². The van der Waals surface area contributed by atoms with Crippen LogP contribution < -0.4 is 5.32 Å². The molecule has 1 N–H and O–H groups in total. The van der Waals surface area contributed by atoms with Gasteiger partial charge in [-0.2, -0.15) is 0 Å². The summed E-state index contributed by atoms with van der Waals surface area (Å²) in [7, 11) is 1.75. The Labute approximate surface area is 99.1 Å². The van der Waals surface area contributed by atoms with Gasteiger partial charge in [-0.3, -0.25) is 0 Å². The maximum Gasteiger partial charge on any atom is 0.0716 e. The van der Waals surface area contributed by atoms with Gasteiger partial charge in [0.2, 0.25) is 0 Å². The fourth-order valence-electron chi connectivity index (χ4n) is 2.17. The highest BCUT2D eigenvalue weighted by molar-refractivity contribution is 9.10. The van der Waals surface area contributed by atoms with E-state index in [9.17, 15) is 0 Å². The van der Waals surface area contributed by atoms with Crippen LogP contribution in [0.5, 0.6) is 0 Å². The van der Waals surface area contributed by atoms with Gasteiger partial charge in [-0.1, -0.05) is 22.0 Å². The monoisotopic (exact) mass is 269 g/mol. The van der Waals surface area contributed by atoms with E-state index in [-0.39, 0.29) is 0 Å². The number of halogens is 1. The number of nitrogens with one attached hydrogen (secondary N) is 1. The van der Waals surface area contributed by atoms with Crippen molar-refractivity contribution in [3.05, 3.63) is 33.8 Å². The molecule has 0 aliphatic carbocycles. The van der Waals surface area contributed by atoms with Crippen LogP contribution in [-0.2, 0) is 11.3 Å². The fourth-order valence-corrected chi connectivity index (χ4v) is 2.58. The second kappa shape index (κ2) is 5.10. The van der Waals surface area contributed by atoms with Gasteiger partial charge in [-0.25, -0.2) is 0 Å². The van der Waals surface area contributed by atoms with Crippen LogP contribution in [0.15, 0.2) is 22.7 Å². The first kappa shape index (κ1) is 11.1. The summed E-state index contributed by atoms with van der Waals surface area (Å²) in [6.45, 7) is 2.93. The summed E-state index contributed by atoms with van der Waals surface area (Å²) in [5.74, 6) is 0.656. The molecule has 0 saturated carbocycles. The highest BCUT2D eigenvalue weighted by atomic mass is 79.9. The standard InChI is InChI=1S/C12H16BrNO/c1-15-8-10-6-11(13)2-3-12(10)9-4-5-14-7-9/h2-3,6,9,14H,4-5,7-8H2,1H3. The van der Waals surface area contributed by atoms with E-state index in [0.29, 0.717) is 12.5 Å². The Morgan fingerprint density at radius 3 is 3.07 bits per heavy atom. The van der Waals surface area contributed by atoms with Crippen molar-refractivity contribution in [1.29, 1.82) is 0 Å². The van der Waals surface area contributed by atoms with Gasteiger partial charge in [0.05, 0.1) is 6.61 Å². The van der Waals surface area contributed by atoms with Gasteiger partial charge in [-0.15, -0.1) is 0 Å². The van der Waals surface area contributed by atoms with Crippen LogP contribution in [0.25, 0.3) is 0 Å². The highest BCUT2D eigenvalue weighted by Crippen LogP contribution is 2.28. The SMILES string of the molecule is COCc1cc(Br)ccc1C1CCNC1. The largest absolute Gasteiger partial charge is 0.380 e. The molecule has 1 saturated heterocycles. The van der Waals surface area contributed by atoms with Crippen LogP contribution in [0.1, 0.15) is 23.5 Å². The molecule has 1 aliphatic rings. The Morgan fingerprint density at radius 1 is 1.53 bits per heavy atom. The Bertz CT molecular complexity index is 334. The minimum atomic E-state index is 0.656. The van der Waals surface area contributed by atoms with Crippen LogP contribution in [0.3, 0.4) is 0 Å². The van der Waals surface area contributed by atoms with Gasteiger partial charge in [0.1, 0.15) is 0 Å². The first-order valence-electron chi connectivity index (χ1n) is 5.29. The molecule has 1 heterocycles. The summed E-state index contributed by atoms with van der Waals surface area (Å²) in [6.07, 6.45) is 1.23. The van der Waals surface area contributed by atoms with E-state index in [1.165, 1.54) is 17.5 Å². The highest BCUT2D eigenvalue weighted by Gasteiger charge is 2.19. The van der Waals surface area contributed by atoms with E-state index in [1.807, 2.05) is 0 Å². The molecule has 3 heteroatoms. The van der Waals surface area contributed by atoms with Crippen molar-refractivity contribution in [3.63, 3.8) is 0 Å². The molecular formula is C12H16BrNO. The lowest BCUT2D eigenvalue weighted by Crippen LogP contribution is -2.09. The lowest BCUT2D eigenvalue weighted by molar-refractivity contribution is 0.184. The third-order valence-electron chi connectivity index (χ3n) is 2.90. The lowest BCUT2D eigenvalue weighted by Gasteiger charge is -2.14. The fraction of sp³-hybridized carbons (Fsp3) is 0.500. The molecule has 1 aliphatic heterocycles. The molecule has 1 aromatic carbocycles. The molecular weight excluding hydrogens is 254 g/mol. The van der Waals surface area contributed by atoms with E-state index in [1.54, 1.807) is 7.11 Å². The van der Waals surface area contributed by atoms with Crippen molar-refractivity contribution < 1.29 is 4.74 Å². The molecule has 1 aromatic rings. The molecule has 0 radical (unpaired) electrons. The molecule has 2 rings (SSSR count). The molecule has 0 bridgehead atoms. The smallest absolute Gasteiger partial charge is 0.0716 e. The molecule has 2 nitrogen and oxygen atoms in total. The van der Waals surface area contributed by atoms with Crippen LogP contribution in [-0.4, -0.2) is 20.2 Å². The second-order valence-electron chi connectivity index (χ2n) is 3.97. The van der Waals surface area contributed by atoms with Crippen molar-refractivity contribution in [2.45, 2.75) is 18.9 Å². The Balaban J connectivity index is 2.27. The summed E-state index contributed by atoms with van der Waals surface area (Å²) in [6, 6.07) is 6.50. The first-order chi connectivity index (χ1) is 7.31. The molecule has 1 atom stereocenters. The zero-order valence-electron chi connectivity index (χ0n) is 8.92. The zero-order valence-corrected chi connectivity index (χ0v) is 10.5. The number of ether oxygens (including phenoxy) is 1. The van der Waals surface area contributed by atoms with E-state index in [0.717, 1.165) is 17.6 Å². The molecule has 15 heavy (non-hydrogen) atoms. The quantitative estimate of drug-likeness (QED) is 0.911. The van der Waals surface area contributed by atoms with E-state index < -0.39 is 0 Å². The number of hydrogen-bond donors (Lipinski definition) is 1. The van der Waals surface area contributed by atoms with Crippen LogP contribution >= 0.6 is 15.9 Å². The lowest BCUT2D eigenvalue weighted by atomic mass is 9.94. The average Bonchev–Trinajstić information content (AvgIpc) is 2.71. The van der Waals surface area contributed by atoms with Gasteiger partial charge in [-0.05, 0) is 42.1 Å². The van der Waals surface area contributed by atoms with Gasteiger partial charge in [0.15, 0.2) is 0 Å². The normalized spacial score (nSPS) is 20.8. The molecule has 0 spiro atoms. The number of rotatable bonds is 3. The molecule has 0 aromatic heterocycles. The second-order valence-corrected chi connectivity index (χ2v) is 4.88. The average molecular weight is 270 g/mol. The van der Waals surface area contributed by atoms with Crippen molar-refractivity contribution >= 4 is 15.9 Å². The Morgan fingerprint density at radius 2 is 2.40 bits per heavy atom. The molecule has 1 fully saturated rings. The topological polar surface area (TPSA) is 21.3 Å². The van der Waals surface area contributed by atoms with Crippen LogP contribution in [0.2, 0.25) is 0 Å². The molecule has 82 valence electrons. The summed E-state index contributed by atoms with van der Waals surface area (Å²) >= 11 is 3.50. The third kappa shape index (κ3) is 2.60. The van der Waals surface area contributed by atoms with Crippen LogP contribution in [0.4, 0.5) is 0 Å². The minimum absolute atomic E-state index is 0.656. The number of benzene rings is 1. The predicted molar refractivity (Wildman–Crippen MR) is 65.1 cm³/mol. The van der Waals surface area contributed by atoms with Gasteiger partial charge in [0, 0.05) is 18.1 Å². The number of hydrogen-bond acceptors (Lipinski definition) is 2. The summed E-state index contributed by atoms with van der Waals surface area (Å²) in [5.41, 5.74) is 2.74. The zero-order chi connectivity index (χ0) is 10.7. The summed E-state index contributed by atoms with van der Waals surface area (Å²) in [4.78, 5) is 0. The van der Waals surface area contributed by atoms with Crippen molar-refractivity contribution in [1.82, 2.24) is 5.32 Å². The van der Waals surface area contributed by atoms with Crippen LogP contribution in [0, 0.1) is 0 Å². The summed E-state index contributed by atoms with van der Waals surface area (Å²) in [5, 5.41) is 3.40. The van der Waals surface area contributed by atoms with Gasteiger partial charge in [0.25, 0.3) is 0 Å². The van der Waals surface area contributed by atoms with E-state index in [2.05, 4.69) is 39.4 Å². The van der Waals surface area contributed by atoms with E-state index >= 15 is 0 Å². The van der Waals surface area contributed by atoms with E-state index in [4.69, 9.17) is 4.74 Å². The van der Waals surface area contributed by atoms with Crippen molar-refractivity contribution in [3.8, 4) is 0 Å². The Kier molecular flexibility index (Phi) is 3.78. The van der Waals surface area contributed by atoms with Gasteiger partial charge >= 0.3 is 0 Å². The molecule has 1 unspecified atom stereocenters. The van der Waals surface area contributed by atoms with Crippen molar-refractivity contribution in [2.24, 2.45) is 0 Å². The van der Waals surface area contributed by atoms with Crippen molar-refractivity contribution in [2.75, 3.05) is 20.2 Å². The third-order valence-corrected chi connectivity index (χ3v) is 3.40. The number of methoxy groups -OCH3 is 1. The summed E-state index contributed by atoms with van der Waals surface area (Å²) < 4.78 is 6.37. The maximum absolute atomic E-state index is 5.24.